The van der Waals surface area contributed by atoms with E-state index in [-0.39, 0.29) is 48.3 Å². The first-order valence-electron chi connectivity index (χ1n) is 9.91. The van der Waals surface area contributed by atoms with Gasteiger partial charge in [-0.3, -0.25) is 9.79 Å². The van der Waals surface area contributed by atoms with Crippen molar-refractivity contribution in [2.24, 2.45) is 4.99 Å². The van der Waals surface area contributed by atoms with Gasteiger partial charge in [0.05, 0.1) is 5.75 Å². The van der Waals surface area contributed by atoms with Crippen LogP contribution in [0.4, 0.5) is 0 Å². The molecule has 2 rings (SSSR count). The Balaban J connectivity index is 0.00000450. The van der Waals surface area contributed by atoms with E-state index in [2.05, 4.69) is 20.9 Å². The molecule has 0 bridgehead atoms. The minimum absolute atomic E-state index is 0. The van der Waals surface area contributed by atoms with Crippen molar-refractivity contribution in [3.8, 4) is 5.75 Å². The molecule has 1 aliphatic rings. The minimum atomic E-state index is -2.96. The maximum absolute atomic E-state index is 11.6. The lowest BCUT2D eigenvalue weighted by Gasteiger charge is -2.17. The molecule has 30 heavy (non-hydrogen) atoms. The van der Waals surface area contributed by atoms with E-state index >= 15 is 0 Å². The Hall–Kier alpha value is -1.56. The Kier molecular flexibility index (Phi) is 11.5. The number of hydrogen-bond acceptors (Lipinski definition) is 5. The fraction of sp³-hybridized carbons (Fsp3) is 0.600. The summed E-state index contributed by atoms with van der Waals surface area (Å²) >= 11 is 0. The number of benzene rings is 1. The zero-order valence-corrected chi connectivity index (χ0v) is 21.0. The number of aliphatic imine (C=N–C) groups is 1. The lowest BCUT2D eigenvalue weighted by Crippen LogP contribution is -2.43. The molecule has 1 fully saturated rings. The number of guanidine groups is 1. The van der Waals surface area contributed by atoms with Crippen molar-refractivity contribution in [3.63, 3.8) is 0 Å². The maximum atomic E-state index is 11.6. The summed E-state index contributed by atoms with van der Waals surface area (Å²) in [5, 5.41) is 9.32. The monoisotopic (exact) mass is 552 g/mol. The standard InChI is InChI=1S/C20H32N4O4S.HI/c1-15(11-13-29(3,26)27)23-20(21-2)22-12-10-16-4-8-18(9-5-16)28-14-19(25)24-17-6-7-17;/h4-5,8-9,15,17H,6-7,10-14H2,1-3H3,(H,24,25)(H2,21,22,23);1H. The van der Waals surface area contributed by atoms with Gasteiger partial charge in [0.1, 0.15) is 15.6 Å². The van der Waals surface area contributed by atoms with E-state index < -0.39 is 9.84 Å². The SMILES string of the molecule is CN=C(NCCc1ccc(OCC(=O)NC2CC2)cc1)NC(C)CCS(C)(=O)=O.I. The summed E-state index contributed by atoms with van der Waals surface area (Å²) in [6.07, 6.45) is 4.69. The molecule has 0 aromatic heterocycles. The molecule has 170 valence electrons. The van der Waals surface area contributed by atoms with Gasteiger partial charge >= 0.3 is 0 Å². The molecular formula is C20H33IN4O4S. The molecule has 1 aromatic rings. The summed E-state index contributed by atoms with van der Waals surface area (Å²) in [6.45, 7) is 2.65. The number of nitrogens with one attached hydrogen (secondary N) is 3. The van der Waals surface area contributed by atoms with Crippen molar-refractivity contribution in [1.82, 2.24) is 16.0 Å². The van der Waals surface area contributed by atoms with Crippen molar-refractivity contribution < 1.29 is 17.9 Å². The van der Waals surface area contributed by atoms with Crippen LogP contribution in [0.25, 0.3) is 0 Å². The fourth-order valence-electron chi connectivity index (χ4n) is 2.61. The Morgan fingerprint density at radius 2 is 1.93 bits per heavy atom. The molecule has 8 nitrogen and oxygen atoms in total. The van der Waals surface area contributed by atoms with Gasteiger partial charge in [0.2, 0.25) is 0 Å². The predicted molar refractivity (Wildman–Crippen MR) is 131 cm³/mol. The zero-order chi connectivity index (χ0) is 21.3. The van der Waals surface area contributed by atoms with Crippen molar-refractivity contribution in [1.29, 1.82) is 0 Å². The van der Waals surface area contributed by atoms with Crippen LogP contribution in [0, 0.1) is 0 Å². The Labute approximate surface area is 196 Å². The summed E-state index contributed by atoms with van der Waals surface area (Å²) in [5.41, 5.74) is 1.13. The number of amides is 1. The smallest absolute Gasteiger partial charge is 0.258 e. The third kappa shape index (κ3) is 11.6. The number of carbonyl (C=O) groups is 1. The van der Waals surface area contributed by atoms with Gasteiger partial charge in [-0.25, -0.2) is 8.42 Å². The third-order valence-electron chi connectivity index (χ3n) is 4.47. The second-order valence-corrected chi connectivity index (χ2v) is 9.75. The van der Waals surface area contributed by atoms with E-state index in [1.165, 1.54) is 6.26 Å². The van der Waals surface area contributed by atoms with Crippen LogP contribution in [0.2, 0.25) is 0 Å². The summed E-state index contributed by atoms with van der Waals surface area (Å²) in [5.74, 6) is 1.39. The lowest BCUT2D eigenvalue weighted by atomic mass is 10.1. The molecule has 0 saturated heterocycles. The Morgan fingerprint density at radius 3 is 2.50 bits per heavy atom. The quantitative estimate of drug-likeness (QED) is 0.218. The third-order valence-corrected chi connectivity index (χ3v) is 5.45. The summed E-state index contributed by atoms with van der Waals surface area (Å²) in [4.78, 5) is 15.8. The van der Waals surface area contributed by atoms with E-state index in [0.29, 0.717) is 30.7 Å². The van der Waals surface area contributed by atoms with E-state index in [1.807, 2.05) is 31.2 Å². The Bertz CT molecular complexity index is 796. The molecule has 10 heteroatoms. The zero-order valence-electron chi connectivity index (χ0n) is 17.8. The van der Waals surface area contributed by atoms with Crippen molar-refractivity contribution >= 4 is 45.7 Å². The van der Waals surface area contributed by atoms with Gasteiger partial charge in [-0.05, 0) is 50.3 Å². The topological polar surface area (TPSA) is 109 Å². The highest BCUT2D eigenvalue weighted by molar-refractivity contribution is 14.0. The summed E-state index contributed by atoms with van der Waals surface area (Å²) < 4.78 is 28.0. The average molecular weight is 552 g/mol. The molecular weight excluding hydrogens is 519 g/mol. The van der Waals surface area contributed by atoms with Crippen LogP contribution in [0.5, 0.6) is 5.75 Å². The maximum Gasteiger partial charge on any atom is 0.258 e. The highest BCUT2D eigenvalue weighted by atomic mass is 127. The number of sulfone groups is 1. The number of hydrogen-bond donors (Lipinski definition) is 3. The van der Waals surface area contributed by atoms with Crippen molar-refractivity contribution in [3.05, 3.63) is 29.8 Å². The van der Waals surface area contributed by atoms with Crippen LogP contribution >= 0.6 is 24.0 Å². The molecule has 1 aliphatic carbocycles. The first kappa shape index (κ1) is 26.5. The second-order valence-electron chi connectivity index (χ2n) is 7.49. The van der Waals surface area contributed by atoms with Gasteiger partial charge in [0, 0.05) is 31.9 Å². The van der Waals surface area contributed by atoms with Gasteiger partial charge in [-0.15, -0.1) is 24.0 Å². The first-order chi connectivity index (χ1) is 13.7. The average Bonchev–Trinajstić information content (AvgIpc) is 3.48. The molecule has 1 atom stereocenters. The van der Waals surface area contributed by atoms with E-state index in [4.69, 9.17) is 4.74 Å². The number of carbonyl (C=O) groups excluding carboxylic acids is 1. The first-order valence-corrected chi connectivity index (χ1v) is 12.0. The number of ether oxygens (including phenoxy) is 1. The molecule has 1 amide bonds. The van der Waals surface area contributed by atoms with Crippen LogP contribution in [-0.4, -0.2) is 64.6 Å². The molecule has 0 radical (unpaired) electrons. The number of halogens is 1. The van der Waals surface area contributed by atoms with Crippen molar-refractivity contribution in [2.45, 2.75) is 44.7 Å². The van der Waals surface area contributed by atoms with E-state index in [0.717, 1.165) is 24.8 Å². The molecule has 0 spiro atoms. The molecule has 1 unspecified atom stereocenters. The van der Waals surface area contributed by atoms with Gasteiger partial charge in [-0.1, -0.05) is 12.1 Å². The normalized spacial score (nSPS) is 15.0. The molecule has 0 heterocycles. The number of rotatable bonds is 11. The predicted octanol–water partition coefficient (Wildman–Crippen LogP) is 1.49. The van der Waals surface area contributed by atoms with E-state index in [9.17, 15) is 13.2 Å². The fourth-order valence-corrected chi connectivity index (χ4v) is 3.40. The summed E-state index contributed by atoms with van der Waals surface area (Å²) in [6, 6.07) is 8.01. The summed E-state index contributed by atoms with van der Waals surface area (Å²) in [7, 11) is -1.28. The van der Waals surface area contributed by atoms with Crippen LogP contribution in [-0.2, 0) is 21.1 Å². The largest absolute Gasteiger partial charge is 0.484 e. The van der Waals surface area contributed by atoms with Gasteiger partial charge in [0.25, 0.3) is 5.91 Å². The van der Waals surface area contributed by atoms with Gasteiger partial charge in [0.15, 0.2) is 12.6 Å². The number of nitrogens with zero attached hydrogens (tertiary/aromatic N) is 1. The van der Waals surface area contributed by atoms with Gasteiger partial charge in [-0.2, -0.15) is 0 Å². The van der Waals surface area contributed by atoms with Crippen LogP contribution < -0.4 is 20.7 Å². The van der Waals surface area contributed by atoms with Crippen LogP contribution in [0.1, 0.15) is 31.7 Å². The van der Waals surface area contributed by atoms with Crippen molar-refractivity contribution in [2.75, 3.05) is 32.2 Å². The van der Waals surface area contributed by atoms with E-state index in [1.54, 1.807) is 7.05 Å². The van der Waals surface area contributed by atoms with Crippen LogP contribution in [0.15, 0.2) is 29.3 Å². The van der Waals surface area contributed by atoms with Gasteiger partial charge < -0.3 is 20.7 Å². The molecule has 1 aromatic carbocycles. The highest BCUT2D eigenvalue weighted by Crippen LogP contribution is 2.18. The molecule has 0 aliphatic heterocycles. The molecule has 3 N–H and O–H groups in total. The molecule has 1 saturated carbocycles. The Morgan fingerprint density at radius 1 is 1.27 bits per heavy atom. The minimum Gasteiger partial charge on any atom is -0.484 e. The lowest BCUT2D eigenvalue weighted by molar-refractivity contribution is -0.123. The second kappa shape index (κ2) is 13.0. The van der Waals surface area contributed by atoms with Crippen LogP contribution in [0.3, 0.4) is 0 Å². The highest BCUT2D eigenvalue weighted by Gasteiger charge is 2.23.